The molecule has 0 fully saturated rings. The Bertz CT molecular complexity index is 1190. The van der Waals surface area contributed by atoms with E-state index in [1.165, 1.54) is 0 Å². The molecule has 3 aromatic rings. The van der Waals surface area contributed by atoms with Gasteiger partial charge in [0.25, 0.3) is 0 Å². The minimum Gasteiger partial charge on any atom is -0.494 e. The summed E-state index contributed by atoms with van der Waals surface area (Å²) in [6, 6.07) is 13.1. The van der Waals surface area contributed by atoms with Gasteiger partial charge in [0.05, 0.1) is 29.2 Å². The first-order chi connectivity index (χ1) is 14.6. The molecule has 1 aromatic heterocycles. The van der Waals surface area contributed by atoms with Crippen LogP contribution in [0.4, 0.5) is 0 Å². The van der Waals surface area contributed by atoms with Crippen LogP contribution in [0.1, 0.15) is 36.5 Å². The van der Waals surface area contributed by atoms with Crippen molar-refractivity contribution in [3.63, 3.8) is 0 Å². The quantitative estimate of drug-likeness (QED) is 0.479. The lowest BCUT2D eigenvalue weighted by Gasteiger charge is -2.12. The first kappa shape index (κ1) is 19.8. The van der Waals surface area contributed by atoms with Crippen molar-refractivity contribution in [1.82, 2.24) is 9.99 Å². The fraction of sp³-hybridized carbons (Fsp3) is 0.182. The third-order valence-corrected chi connectivity index (χ3v) is 5.21. The molecule has 1 aliphatic rings. The van der Waals surface area contributed by atoms with Gasteiger partial charge in [-0.05, 0) is 36.2 Å². The van der Waals surface area contributed by atoms with E-state index in [1.54, 1.807) is 24.6 Å². The number of aromatic nitrogens is 1. The molecular weight excluding hydrogens is 402 g/mol. The highest BCUT2D eigenvalue weighted by molar-refractivity contribution is 6.30. The lowest BCUT2D eigenvalue weighted by Crippen LogP contribution is -2.25. The first-order valence-corrected chi connectivity index (χ1v) is 9.97. The molecule has 30 heavy (non-hydrogen) atoms. The number of aromatic hydroxyl groups is 1. The molecule has 0 bridgehead atoms. The van der Waals surface area contributed by atoms with Crippen LogP contribution in [0.5, 0.6) is 5.88 Å². The van der Waals surface area contributed by atoms with Crippen molar-refractivity contribution in [2.45, 2.75) is 26.3 Å². The summed E-state index contributed by atoms with van der Waals surface area (Å²) in [7, 11) is 0. The number of hydrazone groups is 1. The molecule has 7 nitrogen and oxygen atoms in total. The van der Waals surface area contributed by atoms with Gasteiger partial charge in [-0.15, -0.1) is 0 Å². The number of hydrogen-bond acceptors (Lipinski definition) is 5. The lowest BCUT2D eigenvalue weighted by molar-refractivity contribution is -0.121. The van der Waals surface area contributed by atoms with Crippen LogP contribution >= 0.6 is 11.6 Å². The highest BCUT2D eigenvalue weighted by atomic mass is 35.5. The molecule has 0 radical (unpaired) electrons. The maximum Gasteiger partial charge on any atom is 0.240 e. The predicted molar refractivity (Wildman–Crippen MR) is 120 cm³/mol. The molecule has 2 heterocycles. The number of aryl methyl sites for hydroxylation is 1. The van der Waals surface area contributed by atoms with Gasteiger partial charge in [0.2, 0.25) is 11.8 Å². The molecule has 8 heteroatoms. The minimum absolute atomic E-state index is 0.0768. The van der Waals surface area contributed by atoms with E-state index in [9.17, 15) is 9.90 Å². The second-order valence-electron chi connectivity index (χ2n) is 6.85. The molecule has 0 saturated heterocycles. The van der Waals surface area contributed by atoms with E-state index in [0.717, 1.165) is 27.7 Å². The molecule has 0 spiro atoms. The molecular formula is C22H20ClN5O2. The maximum atomic E-state index is 11.3. The number of halogens is 1. The normalized spacial score (nSPS) is 14.6. The molecule has 1 aliphatic heterocycles. The van der Waals surface area contributed by atoms with Crippen LogP contribution < -0.4 is 5.43 Å². The summed E-state index contributed by atoms with van der Waals surface area (Å²) in [5, 5.41) is 24.6. The third kappa shape index (κ3) is 3.97. The predicted octanol–water partition coefficient (Wildman–Crippen LogP) is 4.09. The third-order valence-electron chi connectivity index (χ3n) is 4.96. The number of benzene rings is 2. The van der Waals surface area contributed by atoms with Crippen LogP contribution in [0.2, 0.25) is 5.02 Å². The number of amides is 1. The average molecular weight is 422 g/mol. The minimum atomic E-state index is -0.0768. The Morgan fingerprint density at radius 1 is 1.17 bits per heavy atom. The lowest BCUT2D eigenvalue weighted by atomic mass is 10.0. The van der Waals surface area contributed by atoms with E-state index >= 15 is 0 Å². The van der Waals surface area contributed by atoms with E-state index in [-0.39, 0.29) is 11.8 Å². The number of nitrogens with one attached hydrogen (secondary N) is 1. The Kier molecular flexibility index (Phi) is 5.63. The molecule has 2 N–H and O–H groups in total. The highest BCUT2D eigenvalue weighted by Crippen LogP contribution is 2.31. The molecule has 4 rings (SSSR count). The van der Waals surface area contributed by atoms with Gasteiger partial charge >= 0.3 is 0 Å². The van der Waals surface area contributed by atoms with Gasteiger partial charge in [-0.2, -0.15) is 15.3 Å². The summed E-state index contributed by atoms with van der Waals surface area (Å²) >= 11 is 5.88. The molecule has 2 aromatic carbocycles. The number of carbonyl (C=O) groups excluding carboxylic acids is 1. The van der Waals surface area contributed by atoms with Gasteiger partial charge in [-0.1, -0.05) is 35.9 Å². The summed E-state index contributed by atoms with van der Waals surface area (Å²) < 4.78 is 1.81. The van der Waals surface area contributed by atoms with Crippen LogP contribution in [0.15, 0.2) is 57.8 Å². The van der Waals surface area contributed by atoms with Gasteiger partial charge < -0.3 is 9.67 Å². The van der Waals surface area contributed by atoms with Gasteiger partial charge in [0, 0.05) is 29.8 Å². The van der Waals surface area contributed by atoms with Crippen LogP contribution in [-0.2, 0) is 11.3 Å². The van der Waals surface area contributed by atoms with Crippen molar-refractivity contribution in [3.8, 4) is 5.88 Å². The van der Waals surface area contributed by atoms with Crippen LogP contribution in [-0.4, -0.2) is 33.7 Å². The summed E-state index contributed by atoms with van der Waals surface area (Å²) in [4.78, 5) is 11.3. The molecule has 0 saturated carbocycles. The van der Waals surface area contributed by atoms with E-state index < -0.39 is 0 Å². The van der Waals surface area contributed by atoms with Crippen molar-refractivity contribution in [1.29, 1.82) is 0 Å². The molecule has 0 unspecified atom stereocenters. The molecule has 0 aliphatic carbocycles. The Labute approximate surface area is 178 Å². The van der Waals surface area contributed by atoms with Gasteiger partial charge in [0.1, 0.15) is 0 Å². The average Bonchev–Trinajstić information content (AvgIpc) is 3.03. The molecule has 152 valence electrons. The zero-order chi connectivity index (χ0) is 21.1. The number of carbonyl (C=O) groups is 1. The largest absolute Gasteiger partial charge is 0.494 e. The first-order valence-electron chi connectivity index (χ1n) is 9.59. The van der Waals surface area contributed by atoms with Crippen molar-refractivity contribution in [2.24, 2.45) is 15.3 Å². The van der Waals surface area contributed by atoms with Crippen molar-refractivity contribution >= 4 is 46.6 Å². The van der Waals surface area contributed by atoms with Crippen LogP contribution in [0.3, 0.4) is 0 Å². The zero-order valence-corrected chi connectivity index (χ0v) is 17.1. The summed E-state index contributed by atoms with van der Waals surface area (Å²) in [5.74, 6) is 0.0565. The van der Waals surface area contributed by atoms with E-state index in [2.05, 4.69) is 20.7 Å². The summed E-state index contributed by atoms with van der Waals surface area (Å²) in [6.07, 6.45) is 4.18. The van der Waals surface area contributed by atoms with E-state index in [0.29, 0.717) is 30.0 Å². The van der Waals surface area contributed by atoms with Crippen molar-refractivity contribution in [3.05, 3.63) is 64.2 Å². The highest BCUT2D eigenvalue weighted by Gasteiger charge is 2.18. The van der Waals surface area contributed by atoms with E-state index in [4.69, 9.17) is 11.6 Å². The summed E-state index contributed by atoms with van der Waals surface area (Å²) in [6.45, 7) is 2.56. The SMILES string of the molecule is CCn1c(O)c(/C=N/N=Cc2ccc(Cl)cc2)c2ccc(C3=NNC(=O)CC3)cc21. The fourth-order valence-electron chi connectivity index (χ4n) is 3.41. The standard InChI is InChI=1S/C22H20ClN5O2/c1-2-28-20-11-15(19-9-10-21(29)27-26-19)5-8-17(20)18(22(28)30)13-25-24-12-14-3-6-16(23)7-4-14/h3-8,11-13,30H,2,9-10H2,1H3,(H,27,29)/b24-12?,25-13+. The topological polar surface area (TPSA) is 91.3 Å². The van der Waals surface area contributed by atoms with Gasteiger partial charge in [0.15, 0.2) is 0 Å². The number of rotatable bonds is 5. The van der Waals surface area contributed by atoms with Gasteiger partial charge in [-0.3, -0.25) is 4.79 Å². The smallest absolute Gasteiger partial charge is 0.240 e. The number of fused-ring (bicyclic) bond motifs is 1. The Hall–Kier alpha value is -3.45. The summed E-state index contributed by atoms with van der Waals surface area (Å²) in [5.41, 5.74) is 6.61. The fourth-order valence-corrected chi connectivity index (χ4v) is 3.54. The van der Waals surface area contributed by atoms with Gasteiger partial charge in [-0.25, -0.2) is 5.43 Å². The second kappa shape index (κ2) is 8.51. The van der Waals surface area contributed by atoms with Crippen molar-refractivity contribution < 1.29 is 9.90 Å². The molecule has 1 amide bonds. The Morgan fingerprint density at radius 2 is 1.93 bits per heavy atom. The van der Waals surface area contributed by atoms with Crippen molar-refractivity contribution in [2.75, 3.05) is 0 Å². The Morgan fingerprint density at radius 3 is 2.63 bits per heavy atom. The second-order valence-corrected chi connectivity index (χ2v) is 7.28. The number of hydrogen-bond donors (Lipinski definition) is 2. The van der Waals surface area contributed by atoms with Crippen LogP contribution in [0.25, 0.3) is 10.9 Å². The monoisotopic (exact) mass is 421 g/mol. The molecule has 0 atom stereocenters. The maximum absolute atomic E-state index is 11.3. The van der Waals surface area contributed by atoms with Crippen LogP contribution in [0, 0.1) is 0 Å². The Balaban J connectivity index is 1.65. The zero-order valence-electron chi connectivity index (χ0n) is 16.3. The van der Waals surface area contributed by atoms with E-state index in [1.807, 2.05) is 41.8 Å². The number of nitrogens with zero attached hydrogens (tertiary/aromatic N) is 4.